The molecule has 5 nitrogen and oxygen atoms in total. The van der Waals surface area contributed by atoms with Crippen LogP contribution in [0.25, 0.3) is 0 Å². The van der Waals surface area contributed by atoms with Crippen molar-refractivity contribution in [3.63, 3.8) is 0 Å². The number of amides is 1. The standard InChI is InChI=1S/C17H18Cl2N2O3/c1-11-5-7-15(24-11)12(2)20-21-17(22)4-3-9-23-16-8-6-13(18)10-14(16)19/h5-8,10H,3-4,9H2,1-2H3,(H,21,22)/b20-12+. The molecule has 0 fully saturated rings. The van der Waals surface area contributed by atoms with Crippen molar-refractivity contribution in [2.45, 2.75) is 26.7 Å². The summed E-state index contributed by atoms with van der Waals surface area (Å²) in [5.74, 6) is 1.78. The summed E-state index contributed by atoms with van der Waals surface area (Å²) >= 11 is 11.8. The minimum Gasteiger partial charge on any atom is -0.492 e. The first-order valence-electron chi connectivity index (χ1n) is 7.43. The maximum atomic E-state index is 11.8. The van der Waals surface area contributed by atoms with E-state index in [0.29, 0.717) is 46.7 Å². The van der Waals surface area contributed by atoms with Crippen LogP contribution in [0, 0.1) is 6.92 Å². The summed E-state index contributed by atoms with van der Waals surface area (Å²) in [5.41, 5.74) is 3.11. The molecule has 7 heteroatoms. The molecular weight excluding hydrogens is 351 g/mol. The summed E-state index contributed by atoms with van der Waals surface area (Å²) < 4.78 is 10.9. The van der Waals surface area contributed by atoms with E-state index in [1.807, 2.05) is 19.1 Å². The lowest BCUT2D eigenvalue weighted by atomic mass is 10.3. The maximum absolute atomic E-state index is 11.8. The van der Waals surface area contributed by atoms with Gasteiger partial charge in [-0.3, -0.25) is 4.79 Å². The molecule has 0 atom stereocenters. The van der Waals surface area contributed by atoms with Crippen LogP contribution in [-0.2, 0) is 4.79 Å². The van der Waals surface area contributed by atoms with Gasteiger partial charge in [-0.2, -0.15) is 5.10 Å². The highest BCUT2D eigenvalue weighted by Crippen LogP contribution is 2.27. The third-order valence-corrected chi connectivity index (χ3v) is 3.68. The van der Waals surface area contributed by atoms with Crippen molar-refractivity contribution in [1.29, 1.82) is 0 Å². The quantitative estimate of drug-likeness (QED) is 0.441. The highest BCUT2D eigenvalue weighted by molar-refractivity contribution is 6.35. The lowest BCUT2D eigenvalue weighted by molar-refractivity contribution is -0.121. The minimum atomic E-state index is -0.191. The zero-order valence-corrected chi connectivity index (χ0v) is 14.9. The van der Waals surface area contributed by atoms with Gasteiger partial charge in [-0.05, 0) is 50.6 Å². The summed E-state index contributed by atoms with van der Waals surface area (Å²) in [4.78, 5) is 11.8. The Balaban J connectivity index is 1.71. The lowest BCUT2D eigenvalue weighted by Gasteiger charge is -2.07. The fourth-order valence-electron chi connectivity index (χ4n) is 1.89. The second-order valence-corrected chi connectivity index (χ2v) is 6.01. The number of carbonyl (C=O) groups is 1. The van der Waals surface area contributed by atoms with Crippen molar-refractivity contribution in [1.82, 2.24) is 5.43 Å². The number of carbonyl (C=O) groups excluding carboxylic acids is 1. The monoisotopic (exact) mass is 368 g/mol. The van der Waals surface area contributed by atoms with Crippen LogP contribution in [0.5, 0.6) is 5.75 Å². The molecule has 1 amide bonds. The number of ether oxygens (including phenoxy) is 1. The van der Waals surface area contributed by atoms with Crippen LogP contribution in [0.2, 0.25) is 10.0 Å². The van der Waals surface area contributed by atoms with Crippen molar-refractivity contribution in [3.8, 4) is 5.75 Å². The predicted molar refractivity (Wildman–Crippen MR) is 95.0 cm³/mol. The van der Waals surface area contributed by atoms with E-state index < -0.39 is 0 Å². The van der Waals surface area contributed by atoms with Crippen LogP contribution in [-0.4, -0.2) is 18.2 Å². The van der Waals surface area contributed by atoms with E-state index in [4.69, 9.17) is 32.4 Å². The zero-order chi connectivity index (χ0) is 17.5. The van der Waals surface area contributed by atoms with Gasteiger partial charge in [-0.25, -0.2) is 5.43 Å². The van der Waals surface area contributed by atoms with Crippen LogP contribution in [0.4, 0.5) is 0 Å². The molecule has 1 N–H and O–H groups in total. The lowest BCUT2D eigenvalue weighted by Crippen LogP contribution is -2.19. The van der Waals surface area contributed by atoms with Gasteiger partial charge in [0.2, 0.25) is 5.91 Å². The number of aryl methyl sites for hydroxylation is 1. The first kappa shape index (κ1) is 18.4. The van der Waals surface area contributed by atoms with Crippen LogP contribution in [0.15, 0.2) is 39.9 Å². The van der Waals surface area contributed by atoms with E-state index in [1.54, 1.807) is 25.1 Å². The van der Waals surface area contributed by atoms with Gasteiger partial charge in [0.05, 0.1) is 11.6 Å². The summed E-state index contributed by atoms with van der Waals surface area (Å²) in [5, 5.41) is 5.01. The molecule has 0 aliphatic rings. The molecular formula is C17H18Cl2N2O3. The first-order valence-corrected chi connectivity index (χ1v) is 8.19. The normalized spacial score (nSPS) is 11.4. The molecule has 0 unspecified atom stereocenters. The fraction of sp³-hybridized carbons (Fsp3) is 0.294. The van der Waals surface area contributed by atoms with Crippen LogP contribution in [0.3, 0.4) is 0 Å². The van der Waals surface area contributed by atoms with E-state index in [-0.39, 0.29) is 5.91 Å². The zero-order valence-electron chi connectivity index (χ0n) is 13.4. The van der Waals surface area contributed by atoms with Gasteiger partial charge in [-0.15, -0.1) is 0 Å². The highest BCUT2D eigenvalue weighted by atomic mass is 35.5. The Morgan fingerprint density at radius 2 is 2.08 bits per heavy atom. The Hall–Kier alpha value is -1.98. The van der Waals surface area contributed by atoms with Crippen LogP contribution >= 0.6 is 23.2 Å². The number of benzene rings is 1. The molecule has 2 aromatic rings. The molecule has 0 saturated carbocycles. The molecule has 2 rings (SSSR count). The molecule has 1 aromatic heterocycles. The Morgan fingerprint density at radius 3 is 2.75 bits per heavy atom. The molecule has 0 radical (unpaired) electrons. The average molecular weight is 369 g/mol. The topological polar surface area (TPSA) is 63.8 Å². The second-order valence-electron chi connectivity index (χ2n) is 5.17. The van der Waals surface area contributed by atoms with E-state index in [0.717, 1.165) is 5.76 Å². The van der Waals surface area contributed by atoms with Crippen LogP contribution < -0.4 is 10.2 Å². The molecule has 0 spiro atoms. The number of nitrogens with zero attached hydrogens (tertiary/aromatic N) is 1. The van der Waals surface area contributed by atoms with Gasteiger partial charge in [0.1, 0.15) is 23.0 Å². The largest absolute Gasteiger partial charge is 0.492 e. The van der Waals surface area contributed by atoms with E-state index in [2.05, 4.69) is 10.5 Å². The summed E-state index contributed by atoms with van der Waals surface area (Å²) in [7, 11) is 0. The first-order chi connectivity index (χ1) is 11.5. The van der Waals surface area contributed by atoms with Crippen LogP contribution in [0.1, 0.15) is 31.3 Å². The molecule has 0 saturated heterocycles. The number of hydrogen-bond acceptors (Lipinski definition) is 4. The van der Waals surface area contributed by atoms with Gasteiger partial charge in [0.25, 0.3) is 0 Å². The summed E-state index contributed by atoms with van der Waals surface area (Å²) in [6.07, 6.45) is 0.832. The van der Waals surface area contributed by atoms with Gasteiger partial charge >= 0.3 is 0 Å². The number of rotatable bonds is 7. The predicted octanol–water partition coefficient (Wildman–Crippen LogP) is 4.59. The maximum Gasteiger partial charge on any atom is 0.240 e. The molecule has 0 aliphatic heterocycles. The van der Waals surface area contributed by atoms with Crippen molar-refractivity contribution in [2.75, 3.05) is 6.61 Å². The molecule has 1 aromatic carbocycles. The van der Waals surface area contributed by atoms with Crippen molar-refractivity contribution in [3.05, 3.63) is 51.9 Å². The Morgan fingerprint density at radius 1 is 1.29 bits per heavy atom. The fourth-order valence-corrected chi connectivity index (χ4v) is 2.36. The molecule has 1 heterocycles. The van der Waals surface area contributed by atoms with Gasteiger partial charge in [0, 0.05) is 11.4 Å². The average Bonchev–Trinajstić information content (AvgIpc) is 2.97. The number of furan rings is 1. The summed E-state index contributed by atoms with van der Waals surface area (Å²) in [6.45, 7) is 3.99. The van der Waals surface area contributed by atoms with E-state index >= 15 is 0 Å². The molecule has 0 aliphatic carbocycles. The minimum absolute atomic E-state index is 0.191. The molecule has 128 valence electrons. The number of halogens is 2. The molecule has 0 bridgehead atoms. The Kier molecular flexibility index (Phi) is 6.70. The Labute approximate surface area is 150 Å². The SMILES string of the molecule is C/C(=N\NC(=O)CCCOc1ccc(Cl)cc1Cl)c1ccc(C)o1. The Bertz CT molecular complexity index is 741. The number of hydrazone groups is 1. The van der Waals surface area contributed by atoms with Crippen molar-refractivity contribution in [2.24, 2.45) is 5.10 Å². The third-order valence-electron chi connectivity index (χ3n) is 3.14. The van der Waals surface area contributed by atoms with E-state index in [1.165, 1.54) is 0 Å². The highest BCUT2D eigenvalue weighted by Gasteiger charge is 2.06. The van der Waals surface area contributed by atoms with Crippen molar-refractivity contribution < 1.29 is 13.9 Å². The van der Waals surface area contributed by atoms with Gasteiger partial charge in [-0.1, -0.05) is 23.2 Å². The van der Waals surface area contributed by atoms with E-state index in [9.17, 15) is 4.79 Å². The van der Waals surface area contributed by atoms with Gasteiger partial charge < -0.3 is 9.15 Å². The smallest absolute Gasteiger partial charge is 0.240 e. The molecule has 24 heavy (non-hydrogen) atoms. The number of nitrogens with one attached hydrogen (secondary N) is 1. The van der Waals surface area contributed by atoms with Gasteiger partial charge in [0.15, 0.2) is 0 Å². The summed E-state index contributed by atoms with van der Waals surface area (Å²) in [6, 6.07) is 8.66. The number of hydrogen-bond donors (Lipinski definition) is 1. The van der Waals surface area contributed by atoms with Crippen molar-refractivity contribution >= 4 is 34.8 Å². The third kappa shape index (κ3) is 5.58. The second kappa shape index (κ2) is 8.76.